The molecule has 1 rings (SSSR count). The monoisotopic (exact) mass is 271 g/mol. The van der Waals surface area contributed by atoms with Crippen LogP contribution in [0.4, 0.5) is 5.69 Å². The minimum Gasteiger partial charge on any atom is -0.490 e. The van der Waals surface area contributed by atoms with Crippen molar-refractivity contribution in [2.75, 3.05) is 7.11 Å². The van der Waals surface area contributed by atoms with Crippen molar-refractivity contribution < 1.29 is 9.66 Å². The highest BCUT2D eigenvalue weighted by Gasteiger charge is 2.15. The molecule has 1 aromatic carbocycles. The Morgan fingerprint density at radius 1 is 1.44 bits per heavy atom. The molecule has 5 heteroatoms. The van der Waals surface area contributed by atoms with E-state index in [4.69, 9.17) is 16.3 Å². The fraction of sp³-hybridized carbons (Fsp3) is 0.538. The van der Waals surface area contributed by atoms with Gasteiger partial charge < -0.3 is 4.74 Å². The van der Waals surface area contributed by atoms with Gasteiger partial charge in [0.1, 0.15) is 0 Å². The van der Waals surface area contributed by atoms with Crippen LogP contribution < -0.4 is 4.74 Å². The SMILES string of the molecule is CCCC(Cl)CCc1ccc(OC)c([N+](=O)[O-])c1. The lowest BCUT2D eigenvalue weighted by atomic mass is 10.1. The molecule has 0 radical (unpaired) electrons. The van der Waals surface area contributed by atoms with Crippen LogP contribution in [0.5, 0.6) is 5.75 Å². The number of nitro benzene ring substituents is 1. The Hall–Kier alpha value is -1.29. The van der Waals surface area contributed by atoms with E-state index in [9.17, 15) is 10.1 Å². The summed E-state index contributed by atoms with van der Waals surface area (Å²) < 4.78 is 4.96. The summed E-state index contributed by atoms with van der Waals surface area (Å²) in [6, 6.07) is 5.05. The van der Waals surface area contributed by atoms with Gasteiger partial charge in [0.2, 0.25) is 0 Å². The number of rotatable bonds is 7. The van der Waals surface area contributed by atoms with Crippen LogP contribution in [-0.4, -0.2) is 17.4 Å². The Morgan fingerprint density at radius 3 is 2.72 bits per heavy atom. The van der Waals surface area contributed by atoms with E-state index in [1.54, 1.807) is 12.1 Å². The van der Waals surface area contributed by atoms with E-state index in [0.29, 0.717) is 5.75 Å². The molecule has 0 N–H and O–H groups in total. The highest BCUT2D eigenvalue weighted by Crippen LogP contribution is 2.28. The Bertz CT molecular complexity index is 409. The molecule has 0 aliphatic heterocycles. The molecule has 18 heavy (non-hydrogen) atoms. The van der Waals surface area contributed by atoms with Gasteiger partial charge in [0, 0.05) is 11.4 Å². The second-order valence-electron chi connectivity index (χ2n) is 4.19. The quantitative estimate of drug-likeness (QED) is 0.429. The van der Waals surface area contributed by atoms with E-state index in [2.05, 4.69) is 6.92 Å². The number of nitro groups is 1. The van der Waals surface area contributed by atoms with Crippen LogP contribution in [0.15, 0.2) is 18.2 Å². The van der Waals surface area contributed by atoms with Crippen LogP contribution in [0, 0.1) is 10.1 Å². The standard InChI is InChI=1S/C13H18ClNO3/c1-3-4-11(14)7-5-10-6-8-13(18-2)12(9-10)15(16)17/h6,8-9,11H,3-5,7H2,1-2H3. The molecule has 0 heterocycles. The summed E-state index contributed by atoms with van der Waals surface area (Å²) in [6.07, 6.45) is 3.61. The zero-order valence-electron chi connectivity index (χ0n) is 10.7. The molecule has 0 aliphatic rings. The average molecular weight is 272 g/mol. The van der Waals surface area contributed by atoms with E-state index in [-0.39, 0.29) is 11.1 Å². The van der Waals surface area contributed by atoms with Gasteiger partial charge in [-0.15, -0.1) is 11.6 Å². The average Bonchev–Trinajstić information content (AvgIpc) is 2.36. The Morgan fingerprint density at radius 2 is 2.17 bits per heavy atom. The summed E-state index contributed by atoms with van der Waals surface area (Å²) in [5, 5.41) is 11.0. The van der Waals surface area contributed by atoms with Crippen LogP contribution in [0.2, 0.25) is 0 Å². The van der Waals surface area contributed by atoms with Crippen LogP contribution in [0.3, 0.4) is 0 Å². The van der Waals surface area contributed by atoms with Gasteiger partial charge in [0.15, 0.2) is 5.75 Å². The minimum absolute atomic E-state index is 0.0108. The van der Waals surface area contributed by atoms with Gasteiger partial charge in [-0.2, -0.15) is 0 Å². The largest absolute Gasteiger partial charge is 0.490 e. The highest BCUT2D eigenvalue weighted by molar-refractivity contribution is 6.20. The second-order valence-corrected chi connectivity index (χ2v) is 4.81. The van der Waals surface area contributed by atoms with Gasteiger partial charge in [-0.3, -0.25) is 10.1 Å². The highest BCUT2D eigenvalue weighted by atomic mass is 35.5. The molecule has 0 fully saturated rings. The lowest BCUT2D eigenvalue weighted by Crippen LogP contribution is -2.01. The third-order valence-electron chi connectivity index (χ3n) is 2.79. The number of hydrogen-bond acceptors (Lipinski definition) is 3. The van der Waals surface area contributed by atoms with Crippen LogP contribution in [0.1, 0.15) is 31.7 Å². The molecule has 0 aromatic heterocycles. The molecule has 0 bridgehead atoms. The molecule has 1 aromatic rings. The van der Waals surface area contributed by atoms with Crippen LogP contribution >= 0.6 is 11.6 Å². The molecule has 0 saturated carbocycles. The van der Waals surface area contributed by atoms with Gasteiger partial charge in [-0.25, -0.2) is 0 Å². The first-order chi connectivity index (χ1) is 8.58. The van der Waals surface area contributed by atoms with E-state index in [0.717, 1.165) is 31.2 Å². The summed E-state index contributed by atoms with van der Waals surface area (Å²) in [5.74, 6) is 0.291. The number of alkyl halides is 1. The second kappa shape index (κ2) is 7.21. The Kier molecular flexibility index (Phi) is 5.92. The van der Waals surface area contributed by atoms with E-state index >= 15 is 0 Å². The van der Waals surface area contributed by atoms with Gasteiger partial charge in [-0.05, 0) is 30.9 Å². The fourth-order valence-corrected chi connectivity index (χ4v) is 2.14. The molecule has 1 unspecified atom stereocenters. The molecule has 1 atom stereocenters. The van der Waals surface area contributed by atoms with Gasteiger partial charge in [0.25, 0.3) is 0 Å². The van der Waals surface area contributed by atoms with Crippen LogP contribution in [-0.2, 0) is 6.42 Å². The molecule has 100 valence electrons. The normalized spacial score (nSPS) is 12.2. The van der Waals surface area contributed by atoms with Gasteiger partial charge in [0.05, 0.1) is 12.0 Å². The molecule has 4 nitrogen and oxygen atoms in total. The molecule has 0 saturated heterocycles. The smallest absolute Gasteiger partial charge is 0.311 e. The van der Waals surface area contributed by atoms with Crippen molar-refractivity contribution in [1.29, 1.82) is 0 Å². The third kappa shape index (κ3) is 4.18. The molecule has 0 amide bonds. The predicted octanol–water partition coefficient (Wildman–Crippen LogP) is 3.94. The topological polar surface area (TPSA) is 52.4 Å². The predicted molar refractivity (Wildman–Crippen MR) is 72.5 cm³/mol. The maximum Gasteiger partial charge on any atom is 0.311 e. The number of halogens is 1. The minimum atomic E-state index is -0.424. The van der Waals surface area contributed by atoms with E-state index in [1.165, 1.54) is 7.11 Å². The molecule has 0 aliphatic carbocycles. The number of aryl methyl sites for hydroxylation is 1. The summed E-state index contributed by atoms with van der Waals surface area (Å²) in [5.41, 5.74) is 0.931. The van der Waals surface area contributed by atoms with Gasteiger partial charge in [-0.1, -0.05) is 19.4 Å². The number of methoxy groups -OCH3 is 1. The van der Waals surface area contributed by atoms with Crippen molar-refractivity contribution in [1.82, 2.24) is 0 Å². The zero-order chi connectivity index (χ0) is 13.5. The lowest BCUT2D eigenvalue weighted by Gasteiger charge is -2.08. The van der Waals surface area contributed by atoms with E-state index in [1.807, 2.05) is 6.07 Å². The molecular weight excluding hydrogens is 254 g/mol. The first kappa shape index (κ1) is 14.8. The van der Waals surface area contributed by atoms with Crippen molar-refractivity contribution in [3.8, 4) is 5.75 Å². The third-order valence-corrected chi connectivity index (χ3v) is 3.22. The summed E-state index contributed by atoms with van der Waals surface area (Å²) in [7, 11) is 1.43. The molecule has 0 spiro atoms. The number of benzene rings is 1. The van der Waals surface area contributed by atoms with Gasteiger partial charge >= 0.3 is 5.69 Å². The first-order valence-electron chi connectivity index (χ1n) is 6.03. The summed E-state index contributed by atoms with van der Waals surface area (Å²) in [4.78, 5) is 10.4. The maximum absolute atomic E-state index is 10.9. The first-order valence-corrected chi connectivity index (χ1v) is 6.47. The zero-order valence-corrected chi connectivity index (χ0v) is 11.4. The van der Waals surface area contributed by atoms with Crippen LogP contribution in [0.25, 0.3) is 0 Å². The number of nitrogens with zero attached hydrogens (tertiary/aromatic N) is 1. The number of ether oxygens (including phenoxy) is 1. The number of hydrogen-bond donors (Lipinski definition) is 0. The van der Waals surface area contributed by atoms with Crippen molar-refractivity contribution >= 4 is 17.3 Å². The maximum atomic E-state index is 10.9. The summed E-state index contributed by atoms with van der Waals surface area (Å²) >= 11 is 6.13. The van der Waals surface area contributed by atoms with Crippen molar-refractivity contribution in [2.45, 2.75) is 38.0 Å². The van der Waals surface area contributed by atoms with Crippen molar-refractivity contribution in [3.63, 3.8) is 0 Å². The fourth-order valence-electron chi connectivity index (χ4n) is 1.81. The van der Waals surface area contributed by atoms with Crippen molar-refractivity contribution in [3.05, 3.63) is 33.9 Å². The van der Waals surface area contributed by atoms with E-state index < -0.39 is 4.92 Å². The molecular formula is C13H18ClNO3. The summed E-state index contributed by atoms with van der Waals surface area (Å²) in [6.45, 7) is 2.09. The Labute approximate surface area is 112 Å². The Balaban J connectivity index is 2.73. The lowest BCUT2D eigenvalue weighted by molar-refractivity contribution is -0.385. The van der Waals surface area contributed by atoms with Crippen molar-refractivity contribution in [2.24, 2.45) is 0 Å².